The van der Waals surface area contributed by atoms with Crippen LogP contribution in [0.4, 0.5) is 28.8 Å². The van der Waals surface area contributed by atoms with Crippen molar-refractivity contribution in [1.82, 2.24) is 24.7 Å². The Hall–Kier alpha value is -4.60. The van der Waals surface area contributed by atoms with Crippen LogP contribution in [0.1, 0.15) is 21.9 Å². The van der Waals surface area contributed by atoms with Crippen molar-refractivity contribution in [3.8, 4) is 0 Å². The highest BCUT2D eigenvalue weighted by atomic mass is 16.2. The summed E-state index contributed by atoms with van der Waals surface area (Å²) in [5.74, 6) is 2.13. The monoisotopic (exact) mass is 442 g/mol. The van der Waals surface area contributed by atoms with Gasteiger partial charge in [0.1, 0.15) is 29.0 Å². The van der Waals surface area contributed by atoms with Crippen LogP contribution in [0.25, 0.3) is 0 Å². The van der Waals surface area contributed by atoms with E-state index in [0.717, 1.165) is 15.9 Å². The highest BCUT2D eigenvalue weighted by Crippen LogP contribution is 2.21. The van der Waals surface area contributed by atoms with Crippen LogP contribution >= 0.6 is 0 Å². The van der Waals surface area contributed by atoms with Gasteiger partial charge in [0.05, 0.1) is 0 Å². The number of hydrogen-bond donors (Lipinski definition) is 3. The molecule has 0 aliphatic heterocycles. The summed E-state index contributed by atoms with van der Waals surface area (Å²) in [4.78, 5) is 36.9. The molecule has 10 nitrogen and oxygen atoms in total. The number of pyridine rings is 1. The molecule has 166 valence electrons. The SMILES string of the molecule is Cc1ccnc(Nc2cc(Nc3ccc(NC(=O)c4ccc(=O)n(C)n4)cc3)nc(C)n2)c1. The molecule has 0 atom stereocenters. The van der Waals surface area contributed by atoms with Gasteiger partial charge in [-0.25, -0.2) is 19.6 Å². The number of anilines is 5. The quantitative estimate of drug-likeness (QED) is 0.415. The summed E-state index contributed by atoms with van der Waals surface area (Å²) in [7, 11) is 1.49. The fourth-order valence-corrected chi connectivity index (χ4v) is 3.03. The van der Waals surface area contributed by atoms with E-state index in [0.29, 0.717) is 29.0 Å². The average Bonchev–Trinajstić information content (AvgIpc) is 2.76. The molecule has 0 bridgehead atoms. The summed E-state index contributed by atoms with van der Waals surface area (Å²) in [5.41, 5.74) is 2.34. The van der Waals surface area contributed by atoms with Gasteiger partial charge in [0.2, 0.25) is 0 Å². The van der Waals surface area contributed by atoms with Crippen LogP contribution in [0.15, 0.2) is 65.6 Å². The zero-order valence-electron chi connectivity index (χ0n) is 18.3. The van der Waals surface area contributed by atoms with Gasteiger partial charge in [-0.2, -0.15) is 5.10 Å². The lowest BCUT2D eigenvalue weighted by molar-refractivity contribution is 0.102. The second-order valence-corrected chi connectivity index (χ2v) is 7.37. The van der Waals surface area contributed by atoms with E-state index in [1.807, 2.05) is 38.1 Å². The lowest BCUT2D eigenvalue weighted by atomic mass is 10.2. The van der Waals surface area contributed by atoms with E-state index in [1.165, 1.54) is 19.2 Å². The number of carbonyl (C=O) groups is 1. The van der Waals surface area contributed by atoms with Gasteiger partial charge in [-0.3, -0.25) is 9.59 Å². The minimum Gasteiger partial charge on any atom is -0.340 e. The number of benzene rings is 1. The highest BCUT2D eigenvalue weighted by Gasteiger charge is 2.09. The molecule has 0 spiro atoms. The Bertz CT molecular complexity index is 1370. The third-order valence-corrected chi connectivity index (χ3v) is 4.62. The Morgan fingerprint density at radius 2 is 1.55 bits per heavy atom. The number of amides is 1. The fraction of sp³-hybridized carbons (Fsp3) is 0.130. The van der Waals surface area contributed by atoms with Crippen LogP contribution in [-0.4, -0.2) is 30.6 Å². The topological polar surface area (TPSA) is 127 Å². The molecule has 3 aromatic heterocycles. The maximum atomic E-state index is 12.4. The smallest absolute Gasteiger partial charge is 0.276 e. The summed E-state index contributed by atoms with van der Waals surface area (Å²) in [6, 6.07) is 15.5. The number of hydrogen-bond acceptors (Lipinski definition) is 8. The minimum atomic E-state index is -0.404. The molecule has 0 aliphatic rings. The number of aromatic nitrogens is 5. The summed E-state index contributed by atoms with van der Waals surface area (Å²) < 4.78 is 1.11. The third kappa shape index (κ3) is 5.56. The average molecular weight is 442 g/mol. The number of rotatable bonds is 6. The van der Waals surface area contributed by atoms with Crippen molar-refractivity contribution in [1.29, 1.82) is 0 Å². The maximum Gasteiger partial charge on any atom is 0.276 e. The van der Waals surface area contributed by atoms with Crippen molar-refractivity contribution in [2.75, 3.05) is 16.0 Å². The van der Waals surface area contributed by atoms with Crippen LogP contribution < -0.4 is 21.5 Å². The molecule has 1 aromatic carbocycles. The van der Waals surface area contributed by atoms with Crippen LogP contribution in [-0.2, 0) is 7.05 Å². The molecule has 10 heteroatoms. The Morgan fingerprint density at radius 1 is 0.848 bits per heavy atom. The van der Waals surface area contributed by atoms with Gasteiger partial charge >= 0.3 is 0 Å². The van der Waals surface area contributed by atoms with E-state index >= 15 is 0 Å². The molecule has 3 N–H and O–H groups in total. The van der Waals surface area contributed by atoms with Crippen molar-refractivity contribution in [3.05, 3.63) is 88.2 Å². The van der Waals surface area contributed by atoms with Crippen molar-refractivity contribution in [3.63, 3.8) is 0 Å². The molecular weight excluding hydrogens is 420 g/mol. The fourth-order valence-electron chi connectivity index (χ4n) is 3.03. The molecule has 4 rings (SSSR count). The molecule has 0 saturated carbocycles. The van der Waals surface area contributed by atoms with Crippen molar-refractivity contribution >= 4 is 34.7 Å². The Kier molecular flexibility index (Phi) is 6.07. The predicted octanol–water partition coefficient (Wildman–Crippen LogP) is 3.32. The van der Waals surface area contributed by atoms with E-state index < -0.39 is 5.91 Å². The Morgan fingerprint density at radius 3 is 2.24 bits per heavy atom. The first-order valence-electron chi connectivity index (χ1n) is 10.1. The van der Waals surface area contributed by atoms with E-state index in [4.69, 9.17) is 0 Å². The summed E-state index contributed by atoms with van der Waals surface area (Å²) in [6.45, 7) is 3.81. The zero-order chi connectivity index (χ0) is 23.4. The largest absolute Gasteiger partial charge is 0.340 e. The lowest BCUT2D eigenvalue weighted by Crippen LogP contribution is -2.23. The van der Waals surface area contributed by atoms with Gasteiger partial charge in [0.25, 0.3) is 11.5 Å². The standard InChI is InChI=1S/C23H22N8O2/c1-14-10-11-24-19(12-14)29-21-13-20(25-15(2)26-21)27-16-4-6-17(7-5-16)28-23(33)18-8-9-22(32)31(3)30-18/h4-13H,1-3H3,(H,28,33)(H2,24,25,26,27,29). The molecule has 1 amide bonds. The van der Waals surface area contributed by atoms with Gasteiger partial charge in [-0.05, 0) is 61.9 Å². The molecule has 0 unspecified atom stereocenters. The Labute approximate surface area is 189 Å². The Balaban J connectivity index is 1.44. The predicted molar refractivity (Wildman–Crippen MR) is 126 cm³/mol. The van der Waals surface area contributed by atoms with Gasteiger partial charge < -0.3 is 16.0 Å². The van der Waals surface area contributed by atoms with Crippen LogP contribution in [0.2, 0.25) is 0 Å². The molecule has 0 fully saturated rings. The van der Waals surface area contributed by atoms with E-state index in [-0.39, 0.29) is 11.3 Å². The molecule has 0 aliphatic carbocycles. The van der Waals surface area contributed by atoms with Crippen molar-refractivity contribution in [2.24, 2.45) is 7.05 Å². The lowest BCUT2D eigenvalue weighted by Gasteiger charge is -2.11. The van der Waals surface area contributed by atoms with Gasteiger partial charge in [0.15, 0.2) is 0 Å². The van der Waals surface area contributed by atoms with E-state index in [9.17, 15) is 9.59 Å². The first-order valence-corrected chi connectivity index (χ1v) is 10.1. The zero-order valence-corrected chi connectivity index (χ0v) is 18.3. The number of nitrogens with one attached hydrogen (secondary N) is 3. The molecule has 4 aromatic rings. The number of aryl methyl sites for hydroxylation is 3. The van der Waals surface area contributed by atoms with Gasteiger partial charge in [-0.15, -0.1) is 0 Å². The molecule has 0 radical (unpaired) electrons. The van der Waals surface area contributed by atoms with Crippen molar-refractivity contribution in [2.45, 2.75) is 13.8 Å². The van der Waals surface area contributed by atoms with Gasteiger partial charge in [0, 0.05) is 36.8 Å². The van der Waals surface area contributed by atoms with Gasteiger partial charge in [-0.1, -0.05) is 0 Å². The summed E-state index contributed by atoms with van der Waals surface area (Å²) >= 11 is 0. The molecule has 3 heterocycles. The van der Waals surface area contributed by atoms with Crippen molar-refractivity contribution < 1.29 is 4.79 Å². The number of nitrogens with zero attached hydrogens (tertiary/aromatic N) is 5. The normalized spacial score (nSPS) is 10.5. The first-order chi connectivity index (χ1) is 15.9. The molecule has 33 heavy (non-hydrogen) atoms. The second kappa shape index (κ2) is 9.27. The molecule has 0 saturated heterocycles. The minimum absolute atomic E-state index is 0.152. The molecular formula is C23H22N8O2. The van der Waals surface area contributed by atoms with Crippen LogP contribution in [0.3, 0.4) is 0 Å². The highest BCUT2D eigenvalue weighted by molar-refractivity contribution is 6.02. The second-order valence-electron chi connectivity index (χ2n) is 7.37. The van der Waals surface area contributed by atoms with E-state index in [2.05, 4.69) is 36.0 Å². The first kappa shape index (κ1) is 21.6. The maximum absolute atomic E-state index is 12.4. The number of carbonyl (C=O) groups excluding carboxylic acids is 1. The summed E-state index contributed by atoms with van der Waals surface area (Å²) in [5, 5.41) is 13.1. The van der Waals surface area contributed by atoms with Crippen LogP contribution in [0, 0.1) is 13.8 Å². The summed E-state index contributed by atoms with van der Waals surface area (Å²) in [6.07, 6.45) is 1.74. The van der Waals surface area contributed by atoms with Crippen LogP contribution in [0.5, 0.6) is 0 Å². The van der Waals surface area contributed by atoms with E-state index in [1.54, 1.807) is 24.4 Å². The third-order valence-electron chi connectivity index (χ3n) is 4.62.